The fraction of sp³-hybridized carbons (Fsp3) is 0.391. The fourth-order valence-corrected chi connectivity index (χ4v) is 4.31. The Bertz CT molecular complexity index is 972. The van der Waals surface area contributed by atoms with Gasteiger partial charge in [-0.25, -0.2) is 4.98 Å². The van der Waals surface area contributed by atoms with Gasteiger partial charge < -0.3 is 9.64 Å². The Labute approximate surface area is 189 Å². The Morgan fingerprint density at radius 3 is 2.47 bits per heavy atom. The second-order valence-electron chi connectivity index (χ2n) is 6.89. The van der Waals surface area contributed by atoms with Crippen molar-refractivity contribution in [3.05, 3.63) is 53.6 Å². The lowest BCUT2D eigenvalue weighted by Crippen LogP contribution is -2.38. The molecule has 0 fully saturated rings. The summed E-state index contributed by atoms with van der Waals surface area (Å²) in [4.78, 5) is 22.4. The van der Waals surface area contributed by atoms with Crippen LogP contribution in [0.25, 0.3) is 10.2 Å². The van der Waals surface area contributed by atoms with Crippen LogP contribution < -0.4 is 9.64 Å². The van der Waals surface area contributed by atoms with Crippen LogP contribution in [-0.2, 0) is 0 Å². The van der Waals surface area contributed by atoms with Crippen molar-refractivity contribution in [3.63, 3.8) is 0 Å². The van der Waals surface area contributed by atoms with Crippen LogP contribution in [0, 0.1) is 6.92 Å². The number of benzene rings is 2. The largest absolute Gasteiger partial charge is 0.492 e. The minimum atomic E-state index is -0.0159. The smallest absolute Gasteiger partial charge is 0.260 e. The number of anilines is 1. The van der Waals surface area contributed by atoms with Gasteiger partial charge in [0, 0.05) is 18.7 Å². The van der Waals surface area contributed by atoms with E-state index in [4.69, 9.17) is 9.72 Å². The summed E-state index contributed by atoms with van der Waals surface area (Å²) in [6, 6.07) is 13.7. The molecule has 0 atom stereocenters. The van der Waals surface area contributed by atoms with Gasteiger partial charge in [0.25, 0.3) is 5.91 Å². The van der Waals surface area contributed by atoms with Gasteiger partial charge in [-0.1, -0.05) is 48.9 Å². The molecule has 7 heteroatoms. The number of carbonyl (C=O) groups excluding carboxylic acids is 1. The lowest BCUT2D eigenvalue weighted by Gasteiger charge is -2.24. The van der Waals surface area contributed by atoms with E-state index in [1.54, 1.807) is 0 Å². The molecule has 1 aromatic heterocycles. The number of aromatic nitrogens is 1. The molecule has 0 N–H and O–H groups in total. The van der Waals surface area contributed by atoms with Gasteiger partial charge >= 0.3 is 0 Å². The van der Waals surface area contributed by atoms with E-state index in [0.717, 1.165) is 41.2 Å². The standard InChI is InChI=1S/C23H29N3O2S.ClH/c1-5-25(6-2)14-15-26(22(27)18-11-8-10-17(4)16-18)23-24-21-19(28-7-3)12-9-13-20(21)29-23;/h8-13,16H,5-7,14-15H2,1-4H3;1H. The Morgan fingerprint density at radius 2 is 1.80 bits per heavy atom. The molecule has 0 aliphatic rings. The van der Waals surface area contributed by atoms with Gasteiger partial charge in [0.05, 0.1) is 11.3 Å². The first-order valence-electron chi connectivity index (χ1n) is 10.2. The SMILES string of the molecule is CCOc1cccc2sc(N(CCN(CC)CC)C(=O)c3cccc(C)c3)nc12.Cl. The van der Waals surface area contributed by atoms with Gasteiger partial charge in [-0.2, -0.15) is 0 Å². The highest BCUT2D eigenvalue weighted by molar-refractivity contribution is 7.22. The average molecular weight is 448 g/mol. The van der Waals surface area contributed by atoms with Gasteiger partial charge in [0.2, 0.25) is 0 Å². The molecular formula is C23H30ClN3O2S. The maximum absolute atomic E-state index is 13.4. The number of rotatable bonds is 9. The first kappa shape index (κ1) is 24.1. The summed E-state index contributed by atoms with van der Waals surface area (Å²) in [7, 11) is 0. The van der Waals surface area contributed by atoms with E-state index in [9.17, 15) is 4.79 Å². The summed E-state index contributed by atoms with van der Waals surface area (Å²) in [5, 5.41) is 0.714. The zero-order valence-electron chi connectivity index (χ0n) is 18.1. The van der Waals surface area contributed by atoms with Crippen molar-refractivity contribution in [1.82, 2.24) is 9.88 Å². The lowest BCUT2D eigenvalue weighted by atomic mass is 10.1. The number of likely N-dealkylation sites (N-methyl/N-ethyl adjacent to an activating group) is 1. The topological polar surface area (TPSA) is 45.7 Å². The summed E-state index contributed by atoms with van der Waals surface area (Å²) in [6.45, 7) is 12.1. The number of carbonyl (C=O) groups is 1. The second kappa shape index (κ2) is 11.3. The third kappa shape index (κ3) is 5.50. The number of hydrogen-bond acceptors (Lipinski definition) is 5. The molecule has 0 spiro atoms. The minimum Gasteiger partial charge on any atom is -0.492 e. The third-order valence-corrected chi connectivity index (χ3v) is 5.99. The predicted molar refractivity (Wildman–Crippen MR) is 129 cm³/mol. The van der Waals surface area contributed by atoms with Crippen molar-refractivity contribution in [2.75, 3.05) is 37.7 Å². The van der Waals surface area contributed by atoms with Crippen LogP contribution in [-0.4, -0.2) is 48.6 Å². The van der Waals surface area contributed by atoms with Crippen molar-refractivity contribution >= 4 is 45.0 Å². The highest BCUT2D eigenvalue weighted by Gasteiger charge is 2.23. The van der Waals surface area contributed by atoms with Crippen LogP contribution in [0.5, 0.6) is 5.75 Å². The van der Waals surface area contributed by atoms with Crippen LogP contribution >= 0.6 is 23.7 Å². The quantitative estimate of drug-likeness (QED) is 0.439. The summed E-state index contributed by atoms with van der Waals surface area (Å²) < 4.78 is 6.76. The number of halogens is 1. The number of fused-ring (bicyclic) bond motifs is 1. The molecule has 3 rings (SSSR count). The zero-order chi connectivity index (χ0) is 20.8. The Hall–Kier alpha value is -2.15. The molecule has 2 aromatic carbocycles. The molecule has 162 valence electrons. The molecule has 1 amide bonds. The predicted octanol–water partition coefficient (Wildman–Crippen LogP) is 5.41. The summed E-state index contributed by atoms with van der Waals surface area (Å²) in [5.41, 5.74) is 2.58. The molecule has 3 aromatic rings. The van der Waals surface area contributed by atoms with Gasteiger partial charge in [0.1, 0.15) is 11.3 Å². The minimum absolute atomic E-state index is 0. The van der Waals surface area contributed by atoms with E-state index in [0.29, 0.717) is 23.8 Å². The Balaban J connectivity index is 0.00000320. The number of para-hydroxylation sites is 1. The van der Waals surface area contributed by atoms with Crippen molar-refractivity contribution in [3.8, 4) is 5.75 Å². The van der Waals surface area contributed by atoms with Crippen LogP contribution in [0.1, 0.15) is 36.7 Å². The molecule has 0 bridgehead atoms. The van der Waals surface area contributed by atoms with E-state index in [-0.39, 0.29) is 18.3 Å². The molecule has 0 radical (unpaired) electrons. The van der Waals surface area contributed by atoms with Crippen LogP contribution in [0.4, 0.5) is 5.13 Å². The van der Waals surface area contributed by atoms with Crippen molar-refractivity contribution < 1.29 is 9.53 Å². The number of hydrogen-bond donors (Lipinski definition) is 0. The van der Waals surface area contributed by atoms with Crippen molar-refractivity contribution in [2.24, 2.45) is 0 Å². The van der Waals surface area contributed by atoms with E-state index in [1.807, 2.05) is 61.2 Å². The van der Waals surface area contributed by atoms with E-state index < -0.39 is 0 Å². The van der Waals surface area contributed by atoms with E-state index in [1.165, 1.54) is 11.3 Å². The average Bonchev–Trinajstić information content (AvgIpc) is 3.16. The number of amides is 1. The van der Waals surface area contributed by atoms with Crippen LogP contribution in [0.2, 0.25) is 0 Å². The number of ether oxygens (including phenoxy) is 1. The fourth-order valence-electron chi connectivity index (χ4n) is 3.30. The van der Waals surface area contributed by atoms with E-state index in [2.05, 4.69) is 18.7 Å². The molecule has 0 aliphatic heterocycles. The normalized spacial score (nSPS) is 10.8. The van der Waals surface area contributed by atoms with Crippen LogP contribution in [0.15, 0.2) is 42.5 Å². The van der Waals surface area contributed by atoms with Gasteiger partial charge in [0.15, 0.2) is 5.13 Å². The zero-order valence-corrected chi connectivity index (χ0v) is 19.7. The second-order valence-corrected chi connectivity index (χ2v) is 7.89. The summed E-state index contributed by atoms with van der Waals surface area (Å²) >= 11 is 1.53. The number of aryl methyl sites for hydroxylation is 1. The maximum atomic E-state index is 13.4. The van der Waals surface area contributed by atoms with Crippen LogP contribution in [0.3, 0.4) is 0 Å². The monoisotopic (exact) mass is 447 g/mol. The maximum Gasteiger partial charge on any atom is 0.260 e. The number of thiazole rings is 1. The third-order valence-electron chi connectivity index (χ3n) is 4.95. The van der Waals surface area contributed by atoms with Crippen molar-refractivity contribution in [2.45, 2.75) is 27.7 Å². The van der Waals surface area contributed by atoms with Crippen molar-refractivity contribution in [1.29, 1.82) is 0 Å². The Morgan fingerprint density at radius 1 is 1.07 bits per heavy atom. The molecule has 5 nitrogen and oxygen atoms in total. The summed E-state index contributed by atoms with van der Waals surface area (Å²) in [6.07, 6.45) is 0. The van der Waals surface area contributed by atoms with Gasteiger partial charge in [-0.3, -0.25) is 9.69 Å². The molecular weight excluding hydrogens is 418 g/mol. The van der Waals surface area contributed by atoms with Gasteiger partial charge in [-0.05, 0) is 51.2 Å². The highest BCUT2D eigenvalue weighted by Crippen LogP contribution is 2.34. The molecule has 0 aliphatic carbocycles. The first-order valence-corrected chi connectivity index (χ1v) is 11.0. The molecule has 1 heterocycles. The number of nitrogens with zero attached hydrogens (tertiary/aromatic N) is 3. The first-order chi connectivity index (χ1) is 14.1. The molecule has 0 saturated carbocycles. The molecule has 0 saturated heterocycles. The van der Waals surface area contributed by atoms with Gasteiger partial charge in [-0.15, -0.1) is 12.4 Å². The van der Waals surface area contributed by atoms with E-state index >= 15 is 0 Å². The highest BCUT2D eigenvalue weighted by atomic mass is 35.5. The summed E-state index contributed by atoms with van der Waals surface area (Å²) in [5.74, 6) is 0.747. The molecule has 30 heavy (non-hydrogen) atoms. The lowest BCUT2D eigenvalue weighted by molar-refractivity contribution is 0.0983. The Kier molecular flexibility index (Phi) is 9.08. The molecule has 0 unspecified atom stereocenters.